The van der Waals surface area contributed by atoms with Gasteiger partial charge in [0.1, 0.15) is 11.9 Å². The molecule has 2 fully saturated rings. The minimum absolute atomic E-state index is 0.0749. The van der Waals surface area contributed by atoms with Crippen LogP contribution in [-0.2, 0) is 9.53 Å². The molecule has 2 saturated heterocycles. The Balaban J connectivity index is 1.59. The third kappa shape index (κ3) is 5.44. The first-order valence-corrected chi connectivity index (χ1v) is 12.7. The van der Waals surface area contributed by atoms with E-state index in [1.54, 1.807) is 6.08 Å². The maximum absolute atomic E-state index is 13.5. The molecular weight excluding hydrogens is 428 g/mol. The first-order valence-electron chi connectivity index (χ1n) is 12.7. The molecular formula is C28H38N2O4. The Morgan fingerprint density at radius 2 is 1.88 bits per heavy atom. The van der Waals surface area contributed by atoms with Gasteiger partial charge in [-0.3, -0.25) is 9.59 Å². The van der Waals surface area contributed by atoms with Crippen LogP contribution in [-0.4, -0.2) is 56.6 Å². The Kier molecular flexibility index (Phi) is 7.89. The first-order chi connectivity index (χ1) is 16.4. The fourth-order valence-electron chi connectivity index (χ4n) is 5.32. The van der Waals surface area contributed by atoms with E-state index in [2.05, 4.69) is 23.2 Å². The van der Waals surface area contributed by atoms with Gasteiger partial charge in [0.15, 0.2) is 11.6 Å². The Morgan fingerprint density at radius 1 is 1.15 bits per heavy atom. The molecule has 2 heterocycles. The minimum atomic E-state index is -0.206. The lowest BCUT2D eigenvalue weighted by Gasteiger charge is -2.37. The number of rotatable bonds is 9. The molecule has 0 amide bonds. The largest absolute Gasteiger partial charge is 0.488 e. The number of hydrogen-bond acceptors (Lipinski definition) is 6. The maximum Gasteiger partial charge on any atom is 0.163 e. The van der Waals surface area contributed by atoms with Crippen LogP contribution in [0.2, 0.25) is 0 Å². The van der Waals surface area contributed by atoms with Crippen molar-refractivity contribution in [3.05, 3.63) is 46.6 Å². The molecule has 0 aromatic heterocycles. The molecule has 34 heavy (non-hydrogen) atoms. The van der Waals surface area contributed by atoms with Crippen LogP contribution in [0, 0.1) is 12.8 Å². The van der Waals surface area contributed by atoms with Gasteiger partial charge < -0.3 is 19.7 Å². The summed E-state index contributed by atoms with van der Waals surface area (Å²) >= 11 is 0. The molecule has 3 aliphatic rings. The van der Waals surface area contributed by atoms with E-state index in [1.165, 1.54) is 0 Å². The fraction of sp³-hybridized carbons (Fsp3) is 0.571. The molecule has 1 aromatic rings. The molecule has 184 valence electrons. The van der Waals surface area contributed by atoms with Crippen molar-refractivity contribution in [2.24, 2.45) is 5.92 Å². The van der Waals surface area contributed by atoms with Crippen LogP contribution in [0.15, 0.2) is 35.4 Å². The molecule has 4 rings (SSSR count). The van der Waals surface area contributed by atoms with E-state index >= 15 is 0 Å². The molecule has 6 nitrogen and oxygen atoms in total. The minimum Gasteiger partial charge on any atom is -0.488 e. The van der Waals surface area contributed by atoms with Crippen molar-refractivity contribution < 1.29 is 19.1 Å². The second kappa shape index (κ2) is 10.9. The Hall–Kier alpha value is -2.44. The zero-order chi connectivity index (χ0) is 24.2. The number of carbonyl (C=O) groups excluding carboxylic acids is 2. The molecule has 6 heteroatoms. The van der Waals surface area contributed by atoms with Gasteiger partial charge >= 0.3 is 0 Å². The summed E-state index contributed by atoms with van der Waals surface area (Å²) in [5.74, 6) is 0.728. The Morgan fingerprint density at radius 3 is 2.50 bits per heavy atom. The SMILES string of the molecule is CCN(c1cc(OC2CNC2)cc(C(=O)CCC2C(=O)C=C(C)C=C2C)c1C)C1CCOCC1. The van der Waals surface area contributed by atoms with Crippen molar-refractivity contribution in [1.29, 1.82) is 0 Å². The number of nitrogens with zero attached hydrogens (tertiary/aromatic N) is 1. The summed E-state index contributed by atoms with van der Waals surface area (Å²) in [5.41, 5.74) is 4.80. The van der Waals surface area contributed by atoms with Crippen LogP contribution in [0.25, 0.3) is 0 Å². The van der Waals surface area contributed by atoms with E-state index < -0.39 is 0 Å². The van der Waals surface area contributed by atoms with Gasteiger partial charge in [0.25, 0.3) is 0 Å². The number of hydrogen-bond donors (Lipinski definition) is 1. The van der Waals surface area contributed by atoms with Crippen molar-refractivity contribution in [2.75, 3.05) is 37.7 Å². The van der Waals surface area contributed by atoms with Gasteiger partial charge in [-0.2, -0.15) is 0 Å². The molecule has 0 bridgehead atoms. The highest BCUT2D eigenvalue weighted by atomic mass is 16.5. The topological polar surface area (TPSA) is 67.9 Å². The van der Waals surface area contributed by atoms with Gasteiger partial charge in [0.05, 0.1) is 0 Å². The van der Waals surface area contributed by atoms with E-state index in [9.17, 15) is 9.59 Å². The van der Waals surface area contributed by atoms with Crippen LogP contribution in [0.5, 0.6) is 5.75 Å². The molecule has 1 aliphatic carbocycles. The molecule has 1 N–H and O–H groups in total. The summed E-state index contributed by atoms with van der Waals surface area (Å²) in [5, 5.41) is 3.24. The number of anilines is 1. The highest BCUT2D eigenvalue weighted by molar-refractivity contribution is 6.00. The number of ether oxygens (including phenoxy) is 2. The summed E-state index contributed by atoms with van der Waals surface area (Å²) in [7, 11) is 0. The summed E-state index contributed by atoms with van der Waals surface area (Å²) in [6, 6.07) is 4.41. The molecule has 2 aliphatic heterocycles. The van der Waals surface area contributed by atoms with Gasteiger partial charge in [0, 0.05) is 68.5 Å². The number of carbonyl (C=O) groups is 2. The van der Waals surface area contributed by atoms with Gasteiger partial charge in [-0.05, 0) is 70.2 Å². The average Bonchev–Trinajstić information content (AvgIpc) is 2.78. The highest BCUT2D eigenvalue weighted by Gasteiger charge is 2.28. The Labute approximate surface area is 203 Å². The molecule has 1 atom stereocenters. The van der Waals surface area contributed by atoms with E-state index in [-0.39, 0.29) is 23.6 Å². The number of allylic oxidation sites excluding steroid dienone is 4. The van der Waals surface area contributed by atoms with Crippen molar-refractivity contribution in [3.8, 4) is 5.75 Å². The van der Waals surface area contributed by atoms with Crippen LogP contribution >= 0.6 is 0 Å². The molecule has 0 radical (unpaired) electrons. The summed E-state index contributed by atoms with van der Waals surface area (Å²) in [6.07, 6.45) is 6.72. The third-order valence-electron chi connectivity index (χ3n) is 7.36. The third-order valence-corrected chi connectivity index (χ3v) is 7.36. The van der Waals surface area contributed by atoms with Gasteiger partial charge in [-0.15, -0.1) is 0 Å². The summed E-state index contributed by atoms with van der Waals surface area (Å²) in [6.45, 7) is 12.2. The molecule has 0 saturated carbocycles. The average molecular weight is 467 g/mol. The second-order valence-electron chi connectivity index (χ2n) is 9.84. The highest BCUT2D eigenvalue weighted by Crippen LogP contribution is 2.34. The number of ketones is 2. The van der Waals surface area contributed by atoms with Crippen molar-refractivity contribution in [2.45, 2.75) is 65.5 Å². The van der Waals surface area contributed by atoms with E-state index in [0.717, 1.165) is 73.8 Å². The molecule has 0 spiro atoms. The fourth-order valence-corrected chi connectivity index (χ4v) is 5.32. The number of nitrogens with one attached hydrogen (secondary N) is 1. The van der Waals surface area contributed by atoms with E-state index in [0.29, 0.717) is 24.4 Å². The normalized spacial score (nSPS) is 21.5. The van der Waals surface area contributed by atoms with Crippen molar-refractivity contribution in [3.63, 3.8) is 0 Å². The van der Waals surface area contributed by atoms with Crippen molar-refractivity contribution in [1.82, 2.24) is 5.32 Å². The van der Waals surface area contributed by atoms with E-state index in [1.807, 2.05) is 32.9 Å². The quantitative estimate of drug-likeness (QED) is 0.544. The molecule has 1 aromatic carbocycles. The maximum atomic E-state index is 13.5. The zero-order valence-electron chi connectivity index (χ0n) is 21.0. The van der Waals surface area contributed by atoms with Crippen LogP contribution in [0.1, 0.15) is 62.4 Å². The summed E-state index contributed by atoms with van der Waals surface area (Å²) in [4.78, 5) is 28.4. The number of benzene rings is 1. The van der Waals surface area contributed by atoms with Gasteiger partial charge in [-0.1, -0.05) is 11.6 Å². The van der Waals surface area contributed by atoms with Crippen LogP contribution in [0.4, 0.5) is 5.69 Å². The first kappa shape index (κ1) is 24.7. The lowest BCUT2D eigenvalue weighted by Crippen LogP contribution is -2.50. The van der Waals surface area contributed by atoms with Gasteiger partial charge in [0.2, 0.25) is 0 Å². The lowest BCUT2D eigenvalue weighted by molar-refractivity contribution is -0.117. The monoisotopic (exact) mass is 466 g/mol. The number of Topliss-reactive ketones (excluding diaryl/α,β-unsaturated/α-hetero) is 1. The molecule has 1 unspecified atom stereocenters. The second-order valence-corrected chi connectivity index (χ2v) is 9.84. The van der Waals surface area contributed by atoms with Crippen LogP contribution in [0.3, 0.4) is 0 Å². The van der Waals surface area contributed by atoms with Crippen LogP contribution < -0.4 is 15.0 Å². The van der Waals surface area contributed by atoms with E-state index in [4.69, 9.17) is 9.47 Å². The van der Waals surface area contributed by atoms with Crippen molar-refractivity contribution >= 4 is 17.3 Å². The predicted octanol–water partition coefficient (Wildman–Crippen LogP) is 4.41. The smallest absolute Gasteiger partial charge is 0.163 e. The Bertz CT molecular complexity index is 986. The summed E-state index contributed by atoms with van der Waals surface area (Å²) < 4.78 is 11.8. The predicted molar refractivity (Wildman–Crippen MR) is 135 cm³/mol. The lowest BCUT2D eigenvalue weighted by atomic mass is 9.84. The van der Waals surface area contributed by atoms with Gasteiger partial charge in [-0.25, -0.2) is 0 Å². The zero-order valence-corrected chi connectivity index (χ0v) is 21.0. The standard InChI is InChI=1S/C28H38N2O4/c1-5-30(21-8-10-33-11-9-21)26-15-22(34-23-16-29-17-23)14-25(20(26)4)27(31)7-6-24-19(3)12-18(2)13-28(24)32/h12-15,21,23-24,29H,5-11,16-17H2,1-4H3.